The number of hydrogen-bond donors (Lipinski definition) is 0. The van der Waals surface area contributed by atoms with E-state index in [2.05, 4.69) is 19.6 Å². The molecule has 5 heteroatoms. The fraction of sp³-hybridized carbons (Fsp3) is 0.533. The zero-order chi connectivity index (χ0) is 15.2. The second kappa shape index (κ2) is 7.45. The summed E-state index contributed by atoms with van der Waals surface area (Å²) in [5, 5.41) is 0. The fourth-order valence-electron chi connectivity index (χ4n) is 1.67. The highest BCUT2D eigenvalue weighted by atomic mass is 28.3. The van der Waals surface area contributed by atoms with Gasteiger partial charge in [-0.2, -0.15) is 0 Å². The van der Waals surface area contributed by atoms with E-state index in [1.807, 2.05) is 24.3 Å². The molecule has 0 unspecified atom stereocenters. The highest BCUT2D eigenvalue weighted by Gasteiger charge is 2.23. The van der Waals surface area contributed by atoms with Crippen LogP contribution in [-0.4, -0.2) is 34.9 Å². The number of hydrogen-bond acceptors (Lipinski definition) is 4. The molecule has 1 rings (SSSR count). The molecular weight excluding hydrogens is 272 g/mol. The fourth-order valence-corrected chi connectivity index (χ4v) is 2.40. The maximum atomic E-state index is 11.9. The third kappa shape index (κ3) is 5.34. The predicted molar refractivity (Wildman–Crippen MR) is 81.9 cm³/mol. The monoisotopic (exact) mass is 296 g/mol. The highest BCUT2D eigenvalue weighted by Crippen LogP contribution is 2.23. The second-order valence-corrected chi connectivity index (χ2v) is 11.5. The summed E-state index contributed by atoms with van der Waals surface area (Å²) in [6.45, 7) is 7.40. The molecule has 0 amide bonds. The second-order valence-electron chi connectivity index (χ2n) is 5.86. The Morgan fingerprint density at radius 1 is 1.15 bits per heavy atom. The van der Waals surface area contributed by atoms with Crippen molar-refractivity contribution in [2.75, 3.05) is 20.8 Å². The van der Waals surface area contributed by atoms with Gasteiger partial charge in [0.15, 0.2) is 6.10 Å². The number of esters is 1. The van der Waals surface area contributed by atoms with Gasteiger partial charge in [-0.25, -0.2) is 4.79 Å². The van der Waals surface area contributed by atoms with E-state index >= 15 is 0 Å². The van der Waals surface area contributed by atoms with Crippen molar-refractivity contribution in [3.63, 3.8) is 0 Å². The Morgan fingerprint density at radius 2 is 1.75 bits per heavy atom. The van der Waals surface area contributed by atoms with Crippen LogP contribution in [0, 0.1) is 0 Å². The van der Waals surface area contributed by atoms with Crippen LogP contribution in [0.25, 0.3) is 0 Å². The predicted octanol–water partition coefficient (Wildman–Crippen LogP) is 3.26. The summed E-state index contributed by atoms with van der Waals surface area (Å²) in [5.41, 5.74) is 0.785. The van der Waals surface area contributed by atoms with Gasteiger partial charge in [-0.15, -0.1) is 0 Å². The Kier molecular flexibility index (Phi) is 6.23. The summed E-state index contributed by atoms with van der Waals surface area (Å²) in [4.78, 5) is 11.9. The van der Waals surface area contributed by atoms with Gasteiger partial charge in [-0.1, -0.05) is 31.8 Å². The van der Waals surface area contributed by atoms with E-state index in [0.717, 1.165) is 17.4 Å². The van der Waals surface area contributed by atoms with Crippen molar-refractivity contribution in [3.05, 3.63) is 29.8 Å². The lowest BCUT2D eigenvalue weighted by Gasteiger charge is -2.20. The summed E-state index contributed by atoms with van der Waals surface area (Å²) in [7, 11) is 1.80. The first kappa shape index (κ1) is 16.7. The molecule has 112 valence electrons. The SMILES string of the molecule is COC(=O)[C@@H](OCC[Si](C)(C)C)c1ccc(OC)cc1. The Morgan fingerprint density at radius 3 is 2.20 bits per heavy atom. The van der Waals surface area contributed by atoms with Gasteiger partial charge in [0.1, 0.15) is 5.75 Å². The molecule has 0 aromatic heterocycles. The average Bonchev–Trinajstić information content (AvgIpc) is 2.42. The molecule has 0 aliphatic heterocycles. The molecule has 0 radical (unpaired) electrons. The number of carbonyl (C=O) groups excluding carboxylic acids is 1. The van der Waals surface area contributed by atoms with Crippen molar-refractivity contribution in [3.8, 4) is 5.75 Å². The van der Waals surface area contributed by atoms with E-state index in [-0.39, 0.29) is 5.97 Å². The van der Waals surface area contributed by atoms with Gasteiger partial charge in [0.25, 0.3) is 0 Å². The molecule has 0 heterocycles. The average molecular weight is 296 g/mol. The quantitative estimate of drug-likeness (QED) is 0.572. The lowest BCUT2D eigenvalue weighted by molar-refractivity contribution is -0.154. The number of rotatable bonds is 7. The van der Waals surface area contributed by atoms with E-state index in [9.17, 15) is 4.79 Å². The van der Waals surface area contributed by atoms with Gasteiger partial charge >= 0.3 is 5.97 Å². The van der Waals surface area contributed by atoms with Gasteiger partial charge in [0, 0.05) is 14.7 Å². The van der Waals surface area contributed by atoms with Crippen molar-refractivity contribution < 1.29 is 19.0 Å². The summed E-state index contributed by atoms with van der Waals surface area (Å²) in [6, 6.07) is 8.29. The molecule has 0 aliphatic rings. The smallest absolute Gasteiger partial charge is 0.339 e. The summed E-state index contributed by atoms with van der Waals surface area (Å²) < 4.78 is 15.7. The van der Waals surface area contributed by atoms with Gasteiger partial charge in [0.2, 0.25) is 0 Å². The third-order valence-corrected chi connectivity index (χ3v) is 4.67. The molecule has 0 N–H and O–H groups in total. The Labute approximate surface area is 122 Å². The van der Waals surface area contributed by atoms with Crippen LogP contribution < -0.4 is 4.74 Å². The number of ether oxygens (including phenoxy) is 3. The van der Waals surface area contributed by atoms with E-state index in [4.69, 9.17) is 14.2 Å². The largest absolute Gasteiger partial charge is 0.497 e. The maximum Gasteiger partial charge on any atom is 0.339 e. The first-order valence-corrected chi connectivity index (χ1v) is 10.4. The van der Waals surface area contributed by atoms with E-state index in [1.165, 1.54) is 7.11 Å². The first-order chi connectivity index (χ1) is 9.37. The lowest BCUT2D eigenvalue weighted by atomic mass is 10.1. The Balaban J connectivity index is 2.75. The topological polar surface area (TPSA) is 44.8 Å². The third-order valence-electron chi connectivity index (χ3n) is 2.97. The summed E-state index contributed by atoms with van der Waals surface area (Å²) >= 11 is 0. The maximum absolute atomic E-state index is 11.9. The van der Waals surface area contributed by atoms with Crippen LogP contribution in [0.5, 0.6) is 5.75 Å². The molecular formula is C15H24O4Si. The number of methoxy groups -OCH3 is 2. The minimum absolute atomic E-state index is 0.370. The Bertz CT molecular complexity index is 422. The minimum atomic E-state index is -1.18. The van der Waals surface area contributed by atoms with Crippen LogP contribution in [0.2, 0.25) is 25.7 Å². The first-order valence-electron chi connectivity index (χ1n) is 6.71. The van der Waals surface area contributed by atoms with Gasteiger partial charge in [0.05, 0.1) is 14.2 Å². The van der Waals surface area contributed by atoms with Crippen LogP contribution in [-0.2, 0) is 14.3 Å². The Hall–Kier alpha value is -1.33. The van der Waals surface area contributed by atoms with Crippen LogP contribution >= 0.6 is 0 Å². The van der Waals surface area contributed by atoms with Crippen molar-refractivity contribution in [1.82, 2.24) is 0 Å². The number of benzene rings is 1. The van der Waals surface area contributed by atoms with Crippen LogP contribution in [0.4, 0.5) is 0 Å². The van der Waals surface area contributed by atoms with Crippen LogP contribution in [0.3, 0.4) is 0 Å². The van der Waals surface area contributed by atoms with Gasteiger partial charge in [-0.05, 0) is 23.7 Å². The molecule has 0 spiro atoms. The van der Waals surface area contributed by atoms with Crippen LogP contribution in [0.1, 0.15) is 11.7 Å². The molecule has 0 saturated heterocycles. The van der Waals surface area contributed by atoms with Gasteiger partial charge < -0.3 is 14.2 Å². The van der Waals surface area contributed by atoms with Crippen molar-refractivity contribution in [2.24, 2.45) is 0 Å². The molecule has 1 atom stereocenters. The van der Waals surface area contributed by atoms with Crippen LogP contribution in [0.15, 0.2) is 24.3 Å². The molecule has 1 aromatic rings. The molecule has 0 bridgehead atoms. The van der Waals surface area contributed by atoms with E-state index in [1.54, 1.807) is 7.11 Å². The van der Waals surface area contributed by atoms with Crippen molar-refractivity contribution in [1.29, 1.82) is 0 Å². The van der Waals surface area contributed by atoms with Crippen molar-refractivity contribution >= 4 is 14.0 Å². The lowest BCUT2D eigenvalue weighted by Crippen LogP contribution is -2.24. The van der Waals surface area contributed by atoms with E-state index < -0.39 is 14.2 Å². The summed E-state index contributed by atoms with van der Waals surface area (Å²) in [5.74, 6) is 0.380. The molecule has 0 aliphatic carbocycles. The standard InChI is InChI=1S/C15H24O4Si/c1-17-13-8-6-12(7-9-13)14(15(16)18-2)19-10-11-20(3,4)5/h6-9,14H,10-11H2,1-5H3/t14-/m0/s1. The molecule has 0 fully saturated rings. The van der Waals surface area contributed by atoms with Crippen molar-refractivity contribution in [2.45, 2.75) is 31.8 Å². The normalized spacial score (nSPS) is 12.8. The zero-order valence-electron chi connectivity index (χ0n) is 12.9. The zero-order valence-corrected chi connectivity index (χ0v) is 13.9. The molecule has 4 nitrogen and oxygen atoms in total. The molecule has 20 heavy (non-hydrogen) atoms. The molecule has 1 aromatic carbocycles. The minimum Gasteiger partial charge on any atom is -0.497 e. The summed E-state index contributed by atoms with van der Waals surface area (Å²) in [6.07, 6.45) is -0.665. The molecule has 0 saturated carbocycles. The van der Waals surface area contributed by atoms with Gasteiger partial charge in [-0.3, -0.25) is 0 Å². The highest BCUT2D eigenvalue weighted by molar-refractivity contribution is 6.76. The van der Waals surface area contributed by atoms with E-state index in [0.29, 0.717) is 6.61 Å². The number of carbonyl (C=O) groups is 1.